The van der Waals surface area contributed by atoms with E-state index in [0.717, 1.165) is 0 Å². The fourth-order valence-corrected chi connectivity index (χ4v) is 4.23. The van der Waals surface area contributed by atoms with Gasteiger partial charge in [-0.15, -0.1) is 0 Å². The van der Waals surface area contributed by atoms with Crippen molar-refractivity contribution in [3.8, 4) is 11.5 Å². The van der Waals surface area contributed by atoms with Gasteiger partial charge in [-0.05, 0) is 36.1 Å². The molecule has 8 heteroatoms. The molecule has 2 aromatic carbocycles. The van der Waals surface area contributed by atoms with Gasteiger partial charge in [-0.1, -0.05) is 18.2 Å². The van der Waals surface area contributed by atoms with Crippen LogP contribution in [0.2, 0.25) is 0 Å². The van der Waals surface area contributed by atoms with Crippen LogP contribution in [0, 0.1) is 11.7 Å². The number of rotatable bonds is 4. The summed E-state index contributed by atoms with van der Waals surface area (Å²) in [5, 5.41) is 0. The van der Waals surface area contributed by atoms with Crippen LogP contribution in [0.15, 0.2) is 47.4 Å². The summed E-state index contributed by atoms with van der Waals surface area (Å²) in [7, 11) is -4.05. The minimum absolute atomic E-state index is 0.0804. The highest BCUT2D eigenvalue weighted by atomic mass is 32.2. The molecule has 1 fully saturated rings. The SMILES string of the molecule is O=C(NS(=O)(=O)c1ccc2c(c1)OCCCO2)[C@@H]1C[C@H]1c1ccccc1F. The van der Waals surface area contributed by atoms with Gasteiger partial charge in [0, 0.05) is 18.4 Å². The van der Waals surface area contributed by atoms with E-state index in [1.165, 1.54) is 24.3 Å². The highest BCUT2D eigenvalue weighted by Gasteiger charge is 2.46. The van der Waals surface area contributed by atoms with Crippen LogP contribution in [-0.2, 0) is 14.8 Å². The van der Waals surface area contributed by atoms with Gasteiger partial charge in [0.15, 0.2) is 11.5 Å². The Kier molecular flexibility index (Phi) is 4.51. The Morgan fingerprint density at radius 2 is 1.81 bits per heavy atom. The molecule has 0 spiro atoms. The topological polar surface area (TPSA) is 81.7 Å². The van der Waals surface area contributed by atoms with E-state index in [9.17, 15) is 17.6 Å². The third-order valence-electron chi connectivity index (χ3n) is 4.70. The van der Waals surface area contributed by atoms with E-state index >= 15 is 0 Å². The van der Waals surface area contributed by atoms with E-state index in [0.29, 0.717) is 43.1 Å². The molecule has 0 aromatic heterocycles. The molecule has 6 nitrogen and oxygen atoms in total. The maximum atomic E-state index is 13.8. The lowest BCUT2D eigenvalue weighted by atomic mass is 10.1. The molecule has 1 N–H and O–H groups in total. The summed E-state index contributed by atoms with van der Waals surface area (Å²) in [6.07, 6.45) is 1.12. The van der Waals surface area contributed by atoms with Crippen LogP contribution in [0.4, 0.5) is 4.39 Å². The summed E-state index contributed by atoms with van der Waals surface area (Å²) < 4.78 is 52.0. The number of hydrogen-bond acceptors (Lipinski definition) is 5. The van der Waals surface area contributed by atoms with Crippen molar-refractivity contribution in [3.63, 3.8) is 0 Å². The molecule has 1 aliphatic carbocycles. The molecule has 1 heterocycles. The zero-order valence-corrected chi connectivity index (χ0v) is 15.2. The number of halogens is 1. The molecule has 2 atom stereocenters. The summed E-state index contributed by atoms with van der Waals surface area (Å²) in [6.45, 7) is 0.921. The molecular weight excluding hydrogens is 373 g/mol. The number of fused-ring (bicyclic) bond motifs is 1. The summed E-state index contributed by atoms with van der Waals surface area (Å²) in [4.78, 5) is 12.3. The van der Waals surface area contributed by atoms with Crippen LogP contribution < -0.4 is 14.2 Å². The van der Waals surface area contributed by atoms with E-state index in [-0.39, 0.29) is 16.6 Å². The zero-order chi connectivity index (χ0) is 19.0. The molecule has 1 saturated carbocycles. The third-order valence-corrected chi connectivity index (χ3v) is 6.04. The van der Waals surface area contributed by atoms with Crippen molar-refractivity contribution in [3.05, 3.63) is 53.8 Å². The summed E-state index contributed by atoms with van der Waals surface area (Å²) >= 11 is 0. The number of carbonyl (C=O) groups is 1. The van der Waals surface area contributed by atoms with Crippen LogP contribution in [0.1, 0.15) is 24.3 Å². The Bertz CT molecular complexity index is 991. The molecule has 27 heavy (non-hydrogen) atoms. The highest BCUT2D eigenvalue weighted by Crippen LogP contribution is 2.48. The number of carbonyl (C=O) groups excluding carboxylic acids is 1. The van der Waals surface area contributed by atoms with E-state index in [2.05, 4.69) is 4.72 Å². The Morgan fingerprint density at radius 3 is 2.59 bits per heavy atom. The predicted molar refractivity (Wildman–Crippen MR) is 94.6 cm³/mol. The van der Waals surface area contributed by atoms with Gasteiger partial charge in [-0.25, -0.2) is 17.5 Å². The highest BCUT2D eigenvalue weighted by molar-refractivity contribution is 7.90. The summed E-state index contributed by atoms with van der Waals surface area (Å²) in [6, 6.07) is 10.4. The van der Waals surface area contributed by atoms with Gasteiger partial charge in [0.25, 0.3) is 10.0 Å². The van der Waals surface area contributed by atoms with E-state index < -0.39 is 21.8 Å². The minimum atomic E-state index is -4.05. The first-order chi connectivity index (χ1) is 13.0. The molecule has 1 amide bonds. The van der Waals surface area contributed by atoms with Gasteiger partial charge >= 0.3 is 0 Å². The van der Waals surface area contributed by atoms with Crippen LogP contribution in [0.3, 0.4) is 0 Å². The normalized spacial score (nSPS) is 21.2. The van der Waals surface area contributed by atoms with Gasteiger partial charge in [-0.3, -0.25) is 4.79 Å². The van der Waals surface area contributed by atoms with Gasteiger partial charge in [0.1, 0.15) is 5.82 Å². The van der Waals surface area contributed by atoms with Crippen LogP contribution >= 0.6 is 0 Å². The van der Waals surface area contributed by atoms with Gasteiger partial charge in [0.05, 0.1) is 18.1 Å². The molecule has 2 aromatic rings. The average Bonchev–Trinajstić information content (AvgIpc) is 3.45. The van der Waals surface area contributed by atoms with Crippen LogP contribution in [-0.4, -0.2) is 27.5 Å². The van der Waals surface area contributed by atoms with Crippen molar-refractivity contribution < 1.29 is 27.1 Å². The van der Waals surface area contributed by atoms with Crippen molar-refractivity contribution in [1.29, 1.82) is 0 Å². The maximum absolute atomic E-state index is 13.8. The lowest BCUT2D eigenvalue weighted by Gasteiger charge is -2.11. The van der Waals surface area contributed by atoms with Gasteiger partial charge in [0.2, 0.25) is 5.91 Å². The second kappa shape index (κ2) is 6.84. The number of ether oxygens (including phenoxy) is 2. The average molecular weight is 391 g/mol. The molecule has 1 aliphatic heterocycles. The van der Waals surface area contributed by atoms with Gasteiger partial charge < -0.3 is 9.47 Å². The number of sulfonamides is 1. The third kappa shape index (κ3) is 3.62. The monoisotopic (exact) mass is 391 g/mol. The number of benzene rings is 2. The molecule has 0 saturated heterocycles. The molecule has 4 rings (SSSR count). The fraction of sp³-hybridized carbons (Fsp3) is 0.316. The molecule has 0 unspecified atom stereocenters. The standard InChI is InChI=1S/C19H18FNO5S/c20-16-5-2-1-4-13(16)14-11-15(14)19(22)21-27(23,24)12-6-7-17-18(10-12)26-9-3-8-25-17/h1-2,4-7,10,14-15H,3,8-9,11H2,(H,21,22)/t14-,15+/m0/s1. The molecule has 142 valence electrons. The zero-order valence-electron chi connectivity index (χ0n) is 14.4. The van der Waals surface area contributed by atoms with Crippen molar-refractivity contribution >= 4 is 15.9 Å². The smallest absolute Gasteiger partial charge is 0.264 e. The summed E-state index contributed by atoms with van der Waals surface area (Å²) in [5.41, 5.74) is 0.436. The molecule has 0 bridgehead atoms. The van der Waals surface area contributed by atoms with E-state index in [4.69, 9.17) is 9.47 Å². The van der Waals surface area contributed by atoms with Crippen molar-refractivity contribution in [2.45, 2.75) is 23.7 Å². The van der Waals surface area contributed by atoms with Crippen molar-refractivity contribution in [2.75, 3.05) is 13.2 Å². The first-order valence-electron chi connectivity index (χ1n) is 8.66. The second-order valence-corrected chi connectivity index (χ2v) is 8.28. The minimum Gasteiger partial charge on any atom is -0.490 e. The van der Waals surface area contributed by atoms with Gasteiger partial charge in [-0.2, -0.15) is 0 Å². The number of amides is 1. The molecule has 0 radical (unpaired) electrons. The lowest BCUT2D eigenvalue weighted by Crippen LogP contribution is -2.32. The van der Waals surface area contributed by atoms with Crippen LogP contribution in [0.5, 0.6) is 11.5 Å². The van der Waals surface area contributed by atoms with Crippen LogP contribution in [0.25, 0.3) is 0 Å². The lowest BCUT2D eigenvalue weighted by molar-refractivity contribution is -0.120. The summed E-state index contributed by atoms with van der Waals surface area (Å²) in [5.74, 6) is -1.07. The largest absolute Gasteiger partial charge is 0.490 e. The first kappa shape index (κ1) is 17.8. The number of nitrogens with one attached hydrogen (secondary N) is 1. The Labute approximate surface area is 156 Å². The van der Waals surface area contributed by atoms with Crippen molar-refractivity contribution in [1.82, 2.24) is 4.72 Å². The second-order valence-electron chi connectivity index (χ2n) is 6.60. The Morgan fingerprint density at radius 1 is 1.07 bits per heavy atom. The maximum Gasteiger partial charge on any atom is 0.264 e. The molecular formula is C19H18FNO5S. The Balaban J connectivity index is 1.48. The Hall–Kier alpha value is -2.61. The first-order valence-corrected chi connectivity index (χ1v) is 10.1. The number of hydrogen-bond donors (Lipinski definition) is 1. The quantitative estimate of drug-likeness (QED) is 0.866. The molecule has 2 aliphatic rings. The predicted octanol–water partition coefficient (Wildman–Crippen LogP) is 2.60. The van der Waals surface area contributed by atoms with Crippen molar-refractivity contribution in [2.24, 2.45) is 5.92 Å². The fourth-order valence-electron chi connectivity index (χ4n) is 3.18. The van der Waals surface area contributed by atoms with E-state index in [1.807, 2.05) is 0 Å². The van der Waals surface area contributed by atoms with E-state index in [1.54, 1.807) is 18.2 Å².